The van der Waals surface area contributed by atoms with Gasteiger partial charge >= 0.3 is 0 Å². The molecule has 20 aromatic rings. The van der Waals surface area contributed by atoms with Gasteiger partial charge in [0.2, 0.25) is 0 Å². The van der Waals surface area contributed by atoms with Crippen LogP contribution in [-0.4, -0.2) is 18.3 Å². The van der Waals surface area contributed by atoms with Crippen molar-refractivity contribution in [1.82, 2.24) is 18.3 Å². The van der Waals surface area contributed by atoms with Gasteiger partial charge in [-0.25, -0.2) is 0 Å². The average Bonchev–Trinajstić information content (AvgIpc) is 1.58. The monoisotopic (exact) mass is 1270 g/mol. The van der Waals surface area contributed by atoms with Gasteiger partial charge in [-0.05, 0) is 201 Å². The average molecular weight is 1270 g/mol. The summed E-state index contributed by atoms with van der Waals surface area (Å²) >= 11 is 0. The van der Waals surface area contributed by atoms with Gasteiger partial charge < -0.3 is 18.3 Å². The van der Waals surface area contributed by atoms with Crippen molar-refractivity contribution < 1.29 is 0 Å². The van der Waals surface area contributed by atoms with Crippen molar-refractivity contribution in [3.63, 3.8) is 0 Å². The summed E-state index contributed by atoms with van der Waals surface area (Å²) in [6, 6.07) is 131. The van der Waals surface area contributed by atoms with E-state index in [9.17, 15) is 0 Å². The van der Waals surface area contributed by atoms with Gasteiger partial charge in [0.05, 0.1) is 44.1 Å². The van der Waals surface area contributed by atoms with Crippen molar-refractivity contribution in [2.75, 3.05) is 0 Å². The molecule has 0 saturated carbocycles. The first kappa shape index (κ1) is 57.2. The molecule has 0 aliphatic rings. The maximum atomic E-state index is 2.53. The zero-order valence-electron chi connectivity index (χ0n) is 55.3. The van der Waals surface area contributed by atoms with Gasteiger partial charge in [0.15, 0.2) is 0 Å². The summed E-state index contributed by atoms with van der Waals surface area (Å²) < 4.78 is 9.89. The zero-order chi connectivity index (χ0) is 66.1. The second-order valence-electron chi connectivity index (χ2n) is 26.9. The molecule has 0 aliphatic heterocycles. The quantitative estimate of drug-likeness (QED) is 0.130. The number of benzene rings is 16. The van der Waals surface area contributed by atoms with Crippen LogP contribution in [0.5, 0.6) is 0 Å². The Balaban J connectivity index is 0.735. The molecule has 0 aliphatic carbocycles. The standard InChI is InChI=1S/C96H64N4/c1-61-55-93(62(2)54-84(61)67-39-36-65(37-40-67)63-20-6-3-7-21-63)100-89-35-17-14-28-79(89)82-32-18-31-78(96(82)100)73-47-53-91-86(59-73)81-50-44-71(60-94(81)98(91)75-26-10-5-11-27-75)70-45-51-92-87(57-70)83-33-19-30-77(72-46-52-90-85(58-72)80-29-15-16-34-88(80)97(90)74-24-8-4-9-25-74)95(83)99(92)76-48-42-66(43-49-76)69-41-38-64-22-12-13-23-68(64)56-69/h3-60H,1-2H3. The Hall–Kier alpha value is -13.0. The summed E-state index contributed by atoms with van der Waals surface area (Å²) in [6.45, 7) is 4.53. The Bertz CT molecular complexity index is 6680. The van der Waals surface area contributed by atoms with Crippen LogP contribution in [0, 0.1) is 13.8 Å². The predicted octanol–water partition coefficient (Wildman–Crippen LogP) is 25.8. The molecule has 4 aromatic heterocycles. The molecule has 100 heavy (non-hydrogen) atoms. The van der Waals surface area contributed by atoms with E-state index in [1.165, 1.54) is 154 Å². The minimum absolute atomic E-state index is 1.11. The molecule has 0 radical (unpaired) electrons. The molecule has 0 N–H and O–H groups in total. The molecular weight excluding hydrogens is 1210 g/mol. The molecular formula is C96H64N4. The molecule has 20 rings (SSSR count). The third-order valence-electron chi connectivity index (χ3n) is 21.2. The SMILES string of the molecule is Cc1cc(-n2c3ccccc3c3cccc(-c4ccc5c(c4)c4ccc(-c6ccc7c(c6)c6cccc(-c8ccc9c(c8)c8ccccc8n9-c8ccccc8)c6n7-c6ccc(-c7ccc8ccccc8c7)cc6)cc4n5-c4ccccc4)c32)c(C)cc1-c1ccc(-c2ccccc2)cc1. The van der Waals surface area contributed by atoms with Gasteiger partial charge in [-0.3, -0.25) is 0 Å². The highest BCUT2D eigenvalue weighted by atomic mass is 15.0. The van der Waals surface area contributed by atoms with E-state index in [4.69, 9.17) is 0 Å². The molecule has 4 nitrogen and oxygen atoms in total. The van der Waals surface area contributed by atoms with Crippen molar-refractivity contribution >= 4 is 98.0 Å². The lowest BCUT2D eigenvalue weighted by Crippen LogP contribution is -2.00. The third-order valence-corrected chi connectivity index (χ3v) is 21.2. The molecule has 0 spiro atoms. The van der Waals surface area contributed by atoms with Crippen LogP contribution in [0.15, 0.2) is 352 Å². The minimum Gasteiger partial charge on any atom is -0.309 e. The van der Waals surface area contributed by atoms with Crippen LogP contribution in [0.2, 0.25) is 0 Å². The van der Waals surface area contributed by atoms with E-state index in [2.05, 4.69) is 384 Å². The smallest absolute Gasteiger partial charge is 0.0619 e. The van der Waals surface area contributed by atoms with Crippen LogP contribution in [0.25, 0.3) is 188 Å². The van der Waals surface area contributed by atoms with Gasteiger partial charge in [-0.1, -0.05) is 243 Å². The van der Waals surface area contributed by atoms with Gasteiger partial charge in [-0.15, -0.1) is 0 Å². The fourth-order valence-electron chi connectivity index (χ4n) is 16.5. The number of fused-ring (bicyclic) bond motifs is 13. The lowest BCUT2D eigenvalue weighted by atomic mass is 9.95. The first-order valence-corrected chi connectivity index (χ1v) is 34.6. The first-order chi connectivity index (χ1) is 49.4. The van der Waals surface area contributed by atoms with Gasteiger partial charge in [0.25, 0.3) is 0 Å². The number of aryl methyl sites for hydroxylation is 2. The predicted molar refractivity (Wildman–Crippen MR) is 423 cm³/mol. The number of hydrogen-bond acceptors (Lipinski definition) is 0. The summed E-state index contributed by atoms with van der Waals surface area (Å²) in [5.74, 6) is 0. The Morgan fingerprint density at radius 3 is 1.25 bits per heavy atom. The Labute approximate surface area is 579 Å². The zero-order valence-corrected chi connectivity index (χ0v) is 55.3. The molecule has 0 atom stereocenters. The number of aromatic nitrogens is 4. The van der Waals surface area contributed by atoms with Crippen molar-refractivity contribution in [2.24, 2.45) is 0 Å². The van der Waals surface area contributed by atoms with Crippen molar-refractivity contribution in [3.8, 4) is 89.5 Å². The summed E-state index contributed by atoms with van der Waals surface area (Å²) in [7, 11) is 0. The molecule has 4 heterocycles. The van der Waals surface area contributed by atoms with Crippen LogP contribution in [0.3, 0.4) is 0 Å². The van der Waals surface area contributed by atoms with Crippen LogP contribution in [-0.2, 0) is 0 Å². The van der Waals surface area contributed by atoms with Crippen LogP contribution in [0.1, 0.15) is 11.1 Å². The Kier molecular flexibility index (Phi) is 13.1. The van der Waals surface area contributed by atoms with E-state index in [-0.39, 0.29) is 0 Å². The third kappa shape index (κ3) is 9.08. The van der Waals surface area contributed by atoms with Crippen molar-refractivity contribution in [2.45, 2.75) is 13.8 Å². The first-order valence-electron chi connectivity index (χ1n) is 34.6. The summed E-state index contributed by atoms with van der Waals surface area (Å²) in [5, 5.41) is 12.2. The number of para-hydroxylation sites is 6. The molecule has 0 fully saturated rings. The maximum absolute atomic E-state index is 2.53. The van der Waals surface area contributed by atoms with Crippen LogP contribution >= 0.6 is 0 Å². The highest BCUT2D eigenvalue weighted by Crippen LogP contribution is 2.46. The fourth-order valence-corrected chi connectivity index (χ4v) is 16.5. The fraction of sp³-hybridized carbons (Fsp3) is 0.0208. The largest absolute Gasteiger partial charge is 0.309 e. The number of nitrogens with zero attached hydrogens (tertiary/aromatic N) is 4. The second kappa shape index (κ2) is 22.8. The Morgan fingerprint density at radius 1 is 0.180 bits per heavy atom. The van der Waals surface area contributed by atoms with E-state index < -0.39 is 0 Å². The second-order valence-corrected chi connectivity index (χ2v) is 26.9. The molecule has 0 saturated heterocycles. The van der Waals surface area contributed by atoms with Crippen molar-refractivity contribution in [3.05, 3.63) is 363 Å². The number of rotatable bonds is 10. The van der Waals surface area contributed by atoms with Gasteiger partial charge in [0, 0.05) is 77.0 Å². The lowest BCUT2D eigenvalue weighted by molar-refractivity contribution is 1.14. The summed E-state index contributed by atoms with van der Waals surface area (Å²) in [6.07, 6.45) is 0. The summed E-state index contributed by atoms with van der Waals surface area (Å²) in [4.78, 5) is 0. The van der Waals surface area contributed by atoms with E-state index in [1.807, 2.05) is 0 Å². The highest BCUT2D eigenvalue weighted by molar-refractivity contribution is 6.19. The van der Waals surface area contributed by atoms with Crippen LogP contribution < -0.4 is 0 Å². The van der Waals surface area contributed by atoms with Gasteiger partial charge in [-0.2, -0.15) is 0 Å². The normalized spacial score (nSPS) is 11.9. The molecule has 468 valence electrons. The summed E-state index contributed by atoms with van der Waals surface area (Å²) in [5.41, 5.74) is 30.8. The highest BCUT2D eigenvalue weighted by Gasteiger charge is 2.24. The van der Waals surface area contributed by atoms with E-state index >= 15 is 0 Å². The van der Waals surface area contributed by atoms with E-state index in [0.717, 1.165) is 44.7 Å². The topological polar surface area (TPSA) is 19.7 Å². The molecule has 0 amide bonds. The molecule has 0 bridgehead atoms. The minimum atomic E-state index is 1.11. The molecule has 4 heteroatoms. The van der Waals surface area contributed by atoms with E-state index in [1.54, 1.807) is 0 Å². The van der Waals surface area contributed by atoms with Crippen LogP contribution in [0.4, 0.5) is 0 Å². The Morgan fingerprint density at radius 2 is 0.580 bits per heavy atom. The van der Waals surface area contributed by atoms with E-state index in [0.29, 0.717) is 0 Å². The maximum Gasteiger partial charge on any atom is 0.0619 e. The molecule has 0 unspecified atom stereocenters. The lowest BCUT2D eigenvalue weighted by Gasteiger charge is -2.17. The van der Waals surface area contributed by atoms with Gasteiger partial charge in [0.1, 0.15) is 0 Å². The van der Waals surface area contributed by atoms with Crippen molar-refractivity contribution in [1.29, 1.82) is 0 Å². The number of hydrogen-bond donors (Lipinski definition) is 0. The molecule has 16 aromatic carbocycles.